The average Bonchev–Trinajstić information content (AvgIpc) is 3.31. The van der Waals surface area contributed by atoms with Gasteiger partial charge in [0, 0.05) is 36.2 Å². The molecule has 0 aliphatic rings. The summed E-state index contributed by atoms with van der Waals surface area (Å²) in [6.45, 7) is 4.80. The van der Waals surface area contributed by atoms with Gasteiger partial charge in [-0.2, -0.15) is 0 Å². The van der Waals surface area contributed by atoms with E-state index >= 15 is 0 Å². The van der Waals surface area contributed by atoms with Crippen molar-refractivity contribution in [1.29, 1.82) is 0 Å². The van der Waals surface area contributed by atoms with E-state index in [1.807, 2.05) is 70.1 Å². The summed E-state index contributed by atoms with van der Waals surface area (Å²) in [5.74, 6) is 1.07. The SMILES string of the molecule is CCC(C)N(Cc1ccccc1)C(=O)CSc1nnc(-c2cccnc2)n1-c1ccccc1. The van der Waals surface area contributed by atoms with Crippen LogP contribution in [0.15, 0.2) is 90.3 Å². The lowest BCUT2D eigenvalue weighted by molar-refractivity contribution is -0.131. The van der Waals surface area contributed by atoms with Crippen LogP contribution in [0.1, 0.15) is 25.8 Å². The van der Waals surface area contributed by atoms with Gasteiger partial charge in [0.25, 0.3) is 0 Å². The number of pyridine rings is 1. The molecule has 0 N–H and O–H groups in total. The van der Waals surface area contributed by atoms with Crippen molar-refractivity contribution in [3.63, 3.8) is 0 Å². The predicted molar refractivity (Wildman–Crippen MR) is 132 cm³/mol. The Morgan fingerprint density at radius 2 is 1.73 bits per heavy atom. The monoisotopic (exact) mass is 457 g/mol. The first-order chi connectivity index (χ1) is 16.2. The van der Waals surface area contributed by atoms with Crippen LogP contribution in [0.3, 0.4) is 0 Å². The molecule has 2 aromatic carbocycles. The number of hydrogen-bond donors (Lipinski definition) is 0. The van der Waals surface area contributed by atoms with E-state index in [-0.39, 0.29) is 17.7 Å². The number of carbonyl (C=O) groups is 1. The van der Waals surface area contributed by atoms with Crippen LogP contribution in [-0.2, 0) is 11.3 Å². The highest BCUT2D eigenvalue weighted by atomic mass is 32.2. The van der Waals surface area contributed by atoms with Crippen LogP contribution in [-0.4, -0.2) is 42.4 Å². The molecule has 1 unspecified atom stereocenters. The number of rotatable bonds is 9. The first-order valence-electron chi connectivity index (χ1n) is 11.0. The van der Waals surface area contributed by atoms with Crippen molar-refractivity contribution in [3.05, 3.63) is 90.8 Å². The van der Waals surface area contributed by atoms with Crippen molar-refractivity contribution in [2.45, 2.75) is 38.0 Å². The molecule has 2 heterocycles. The molecule has 2 aromatic heterocycles. The summed E-state index contributed by atoms with van der Waals surface area (Å²) in [6, 6.07) is 24.1. The molecule has 7 heteroatoms. The number of aromatic nitrogens is 4. The highest BCUT2D eigenvalue weighted by molar-refractivity contribution is 7.99. The molecule has 0 aliphatic carbocycles. The van der Waals surface area contributed by atoms with Crippen molar-refractivity contribution >= 4 is 17.7 Å². The molecule has 6 nitrogen and oxygen atoms in total. The number of amides is 1. The Bertz CT molecular complexity index is 1170. The van der Waals surface area contributed by atoms with Crippen molar-refractivity contribution in [1.82, 2.24) is 24.6 Å². The van der Waals surface area contributed by atoms with Gasteiger partial charge in [-0.05, 0) is 43.2 Å². The van der Waals surface area contributed by atoms with E-state index in [0.717, 1.165) is 23.2 Å². The summed E-state index contributed by atoms with van der Waals surface area (Å²) in [7, 11) is 0. The zero-order chi connectivity index (χ0) is 23.0. The number of thioether (sulfide) groups is 1. The molecule has 0 aliphatic heterocycles. The highest BCUT2D eigenvalue weighted by Gasteiger charge is 2.22. The molecule has 1 atom stereocenters. The smallest absolute Gasteiger partial charge is 0.233 e. The zero-order valence-electron chi connectivity index (χ0n) is 18.8. The lowest BCUT2D eigenvalue weighted by atomic mass is 10.1. The van der Waals surface area contributed by atoms with Crippen LogP contribution < -0.4 is 0 Å². The molecule has 33 heavy (non-hydrogen) atoms. The third-order valence-corrected chi connectivity index (χ3v) is 6.44. The van der Waals surface area contributed by atoms with Crippen LogP contribution in [0.4, 0.5) is 0 Å². The van der Waals surface area contributed by atoms with E-state index in [1.54, 1.807) is 12.4 Å². The van der Waals surface area contributed by atoms with E-state index in [0.29, 0.717) is 17.5 Å². The quantitative estimate of drug-likeness (QED) is 0.321. The Kier molecular flexibility index (Phi) is 7.52. The summed E-state index contributed by atoms with van der Waals surface area (Å²) >= 11 is 1.41. The molecular weight excluding hydrogens is 430 g/mol. The van der Waals surface area contributed by atoms with Crippen LogP contribution >= 0.6 is 11.8 Å². The molecular formula is C26H27N5OS. The van der Waals surface area contributed by atoms with Gasteiger partial charge in [0.2, 0.25) is 5.91 Å². The second kappa shape index (κ2) is 10.9. The standard InChI is InChI=1S/C26H27N5OS/c1-3-20(2)30(18-21-11-6-4-7-12-21)24(32)19-33-26-29-28-25(22-13-10-16-27-17-22)31(26)23-14-8-5-9-15-23/h4-17,20H,3,18-19H2,1-2H3. The van der Waals surface area contributed by atoms with Crippen LogP contribution in [0.5, 0.6) is 0 Å². The highest BCUT2D eigenvalue weighted by Crippen LogP contribution is 2.28. The van der Waals surface area contributed by atoms with Gasteiger partial charge in [0.05, 0.1) is 5.75 Å². The fourth-order valence-electron chi connectivity index (χ4n) is 3.55. The van der Waals surface area contributed by atoms with Crippen LogP contribution in [0.25, 0.3) is 17.1 Å². The second-order valence-electron chi connectivity index (χ2n) is 7.77. The molecule has 0 fully saturated rings. The minimum absolute atomic E-state index is 0.0868. The lowest BCUT2D eigenvalue weighted by Crippen LogP contribution is -2.38. The third kappa shape index (κ3) is 5.49. The maximum absolute atomic E-state index is 13.3. The molecule has 1 amide bonds. The van der Waals surface area contributed by atoms with Crippen molar-refractivity contribution in [2.75, 3.05) is 5.75 Å². The Morgan fingerprint density at radius 3 is 2.39 bits per heavy atom. The van der Waals surface area contributed by atoms with E-state index in [4.69, 9.17) is 0 Å². The lowest BCUT2D eigenvalue weighted by Gasteiger charge is -2.28. The summed E-state index contributed by atoms with van der Waals surface area (Å²) in [5.41, 5.74) is 2.94. The number of para-hydroxylation sites is 1. The number of nitrogens with zero attached hydrogens (tertiary/aromatic N) is 5. The minimum atomic E-state index is 0.0868. The van der Waals surface area contributed by atoms with Gasteiger partial charge in [-0.15, -0.1) is 10.2 Å². The fourth-order valence-corrected chi connectivity index (χ4v) is 4.39. The first-order valence-corrected chi connectivity index (χ1v) is 12.0. The fraction of sp³-hybridized carbons (Fsp3) is 0.231. The van der Waals surface area contributed by atoms with Crippen molar-refractivity contribution in [3.8, 4) is 17.1 Å². The topological polar surface area (TPSA) is 63.9 Å². The van der Waals surface area contributed by atoms with Gasteiger partial charge in [-0.3, -0.25) is 14.3 Å². The molecule has 168 valence electrons. The predicted octanol–water partition coefficient (Wildman–Crippen LogP) is 5.25. The largest absolute Gasteiger partial charge is 0.335 e. The second-order valence-corrected chi connectivity index (χ2v) is 8.71. The van der Waals surface area contributed by atoms with E-state index in [1.165, 1.54) is 11.8 Å². The first kappa shape index (κ1) is 22.7. The van der Waals surface area contributed by atoms with E-state index in [2.05, 4.69) is 41.2 Å². The average molecular weight is 458 g/mol. The minimum Gasteiger partial charge on any atom is -0.335 e. The van der Waals surface area contributed by atoms with E-state index in [9.17, 15) is 4.79 Å². The van der Waals surface area contributed by atoms with Crippen molar-refractivity contribution < 1.29 is 4.79 Å². The van der Waals surface area contributed by atoms with Gasteiger partial charge in [-0.25, -0.2) is 0 Å². The maximum Gasteiger partial charge on any atom is 0.233 e. The van der Waals surface area contributed by atoms with Gasteiger partial charge >= 0.3 is 0 Å². The molecule has 0 radical (unpaired) electrons. The zero-order valence-corrected chi connectivity index (χ0v) is 19.7. The van der Waals surface area contributed by atoms with Crippen LogP contribution in [0, 0.1) is 0 Å². The third-order valence-electron chi connectivity index (χ3n) is 5.53. The molecule has 0 bridgehead atoms. The van der Waals surface area contributed by atoms with Gasteiger partial charge in [0.15, 0.2) is 11.0 Å². The summed E-state index contributed by atoms with van der Waals surface area (Å²) in [6.07, 6.45) is 4.40. The normalized spacial score (nSPS) is 11.8. The summed E-state index contributed by atoms with van der Waals surface area (Å²) < 4.78 is 1.99. The molecule has 4 aromatic rings. The Hall–Kier alpha value is -3.45. The number of carbonyl (C=O) groups excluding carboxylic acids is 1. The Balaban J connectivity index is 1.58. The summed E-state index contributed by atoms with van der Waals surface area (Å²) in [4.78, 5) is 19.5. The molecule has 0 spiro atoms. The van der Waals surface area contributed by atoms with Gasteiger partial charge in [0.1, 0.15) is 0 Å². The maximum atomic E-state index is 13.3. The molecule has 4 rings (SSSR count). The Morgan fingerprint density at radius 1 is 1.00 bits per heavy atom. The number of hydrogen-bond acceptors (Lipinski definition) is 5. The van der Waals surface area contributed by atoms with E-state index < -0.39 is 0 Å². The van der Waals surface area contributed by atoms with Gasteiger partial charge < -0.3 is 4.90 Å². The van der Waals surface area contributed by atoms with Gasteiger partial charge in [-0.1, -0.05) is 67.2 Å². The Labute approximate surface area is 198 Å². The molecule has 0 saturated carbocycles. The van der Waals surface area contributed by atoms with Crippen molar-refractivity contribution in [2.24, 2.45) is 0 Å². The van der Waals surface area contributed by atoms with Crippen LogP contribution in [0.2, 0.25) is 0 Å². The summed E-state index contributed by atoms with van der Waals surface area (Å²) in [5, 5.41) is 9.54. The number of benzene rings is 2. The molecule has 0 saturated heterocycles.